The summed E-state index contributed by atoms with van der Waals surface area (Å²) < 4.78 is 29.6. The average Bonchev–Trinajstić information content (AvgIpc) is 3.15. The Labute approximate surface area is 178 Å². The zero-order valence-electron chi connectivity index (χ0n) is 17.4. The zero-order valence-corrected chi connectivity index (χ0v) is 17.4. The summed E-state index contributed by atoms with van der Waals surface area (Å²) in [6, 6.07) is 12.2. The fraction of sp³-hybridized carbons (Fsp3) is 0.304. The van der Waals surface area contributed by atoms with Crippen molar-refractivity contribution in [3.05, 3.63) is 59.6 Å². The Kier molecular flexibility index (Phi) is 5.79. The third-order valence-corrected chi connectivity index (χ3v) is 5.50. The van der Waals surface area contributed by atoms with E-state index in [1.54, 1.807) is 31.1 Å². The van der Waals surface area contributed by atoms with Gasteiger partial charge in [-0.3, -0.25) is 4.79 Å². The highest BCUT2D eigenvalue weighted by Gasteiger charge is 2.25. The number of furan rings is 1. The Morgan fingerprint density at radius 3 is 2.42 bits per heavy atom. The number of rotatable bonds is 5. The third kappa shape index (κ3) is 4.19. The SMILES string of the molecule is COc1ccc(N2CCN(C(=O)COC(=O)c3oc4c(F)cccc4c3C)CC2)cc1. The fourth-order valence-corrected chi connectivity index (χ4v) is 3.69. The number of nitrogens with zero attached hydrogens (tertiary/aromatic N) is 2. The summed E-state index contributed by atoms with van der Waals surface area (Å²) in [5, 5.41) is 0.507. The number of carbonyl (C=O) groups excluding carboxylic acids is 2. The summed E-state index contributed by atoms with van der Waals surface area (Å²) in [4.78, 5) is 28.7. The zero-order chi connectivity index (χ0) is 22.0. The molecule has 0 saturated carbocycles. The van der Waals surface area contributed by atoms with Crippen molar-refractivity contribution in [3.8, 4) is 5.75 Å². The number of fused-ring (bicyclic) bond motifs is 1. The van der Waals surface area contributed by atoms with E-state index < -0.39 is 11.8 Å². The maximum absolute atomic E-state index is 13.9. The molecule has 7 nitrogen and oxygen atoms in total. The molecule has 2 heterocycles. The van der Waals surface area contributed by atoms with Crippen LogP contribution in [0.3, 0.4) is 0 Å². The van der Waals surface area contributed by atoms with Gasteiger partial charge < -0.3 is 23.7 Å². The van der Waals surface area contributed by atoms with E-state index in [1.807, 2.05) is 24.3 Å². The van der Waals surface area contributed by atoms with Crippen molar-refractivity contribution in [3.63, 3.8) is 0 Å². The van der Waals surface area contributed by atoms with Crippen LogP contribution in [-0.2, 0) is 9.53 Å². The number of hydrogen-bond donors (Lipinski definition) is 0. The van der Waals surface area contributed by atoms with E-state index in [0.717, 1.165) is 11.4 Å². The van der Waals surface area contributed by atoms with E-state index in [-0.39, 0.29) is 23.9 Å². The summed E-state index contributed by atoms with van der Waals surface area (Å²) in [6.45, 7) is 3.67. The summed E-state index contributed by atoms with van der Waals surface area (Å²) in [5.74, 6) is -0.898. The maximum atomic E-state index is 13.9. The molecule has 0 radical (unpaired) electrons. The lowest BCUT2D eigenvalue weighted by Gasteiger charge is -2.36. The molecule has 0 unspecified atom stereocenters. The van der Waals surface area contributed by atoms with Gasteiger partial charge in [0.15, 0.2) is 18.0 Å². The van der Waals surface area contributed by atoms with Gasteiger partial charge in [0.25, 0.3) is 5.91 Å². The van der Waals surface area contributed by atoms with Crippen molar-refractivity contribution in [2.45, 2.75) is 6.92 Å². The molecule has 0 N–H and O–H groups in total. The van der Waals surface area contributed by atoms with Crippen LogP contribution in [0.2, 0.25) is 0 Å². The third-order valence-electron chi connectivity index (χ3n) is 5.50. The first-order valence-corrected chi connectivity index (χ1v) is 9.99. The van der Waals surface area contributed by atoms with Gasteiger partial charge in [-0.1, -0.05) is 12.1 Å². The molecule has 1 aliphatic rings. The van der Waals surface area contributed by atoms with Crippen molar-refractivity contribution in [2.75, 3.05) is 44.8 Å². The minimum Gasteiger partial charge on any atom is -0.497 e. The van der Waals surface area contributed by atoms with Crippen molar-refractivity contribution >= 4 is 28.5 Å². The average molecular weight is 426 g/mol. The Hall–Kier alpha value is -3.55. The van der Waals surface area contributed by atoms with Gasteiger partial charge >= 0.3 is 5.97 Å². The number of anilines is 1. The number of carbonyl (C=O) groups is 2. The minimum atomic E-state index is -0.779. The highest BCUT2D eigenvalue weighted by atomic mass is 19.1. The Morgan fingerprint density at radius 1 is 1.06 bits per heavy atom. The lowest BCUT2D eigenvalue weighted by Crippen LogP contribution is -2.49. The van der Waals surface area contributed by atoms with Crippen molar-refractivity contribution in [2.24, 2.45) is 0 Å². The normalized spacial score (nSPS) is 14.0. The number of halogens is 1. The van der Waals surface area contributed by atoms with E-state index in [4.69, 9.17) is 13.9 Å². The lowest BCUT2D eigenvalue weighted by atomic mass is 10.1. The lowest BCUT2D eigenvalue weighted by molar-refractivity contribution is -0.134. The van der Waals surface area contributed by atoms with Gasteiger partial charge in [0, 0.05) is 42.8 Å². The van der Waals surface area contributed by atoms with Gasteiger partial charge in [-0.25, -0.2) is 9.18 Å². The molecule has 2 aromatic carbocycles. The van der Waals surface area contributed by atoms with Crippen LogP contribution in [0.25, 0.3) is 11.0 Å². The Balaban J connectivity index is 1.32. The summed E-state index contributed by atoms with van der Waals surface area (Å²) >= 11 is 0. The van der Waals surface area contributed by atoms with Crippen LogP contribution in [-0.4, -0.2) is 56.7 Å². The molecule has 1 fully saturated rings. The molecular weight excluding hydrogens is 403 g/mol. The van der Waals surface area contributed by atoms with Gasteiger partial charge in [-0.2, -0.15) is 0 Å². The molecule has 0 spiro atoms. The van der Waals surface area contributed by atoms with Crippen LogP contribution in [0, 0.1) is 12.7 Å². The van der Waals surface area contributed by atoms with Crippen molar-refractivity contribution in [1.29, 1.82) is 0 Å². The van der Waals surface area contributed by atoms with Crippen LogP contribution < -0.4 is 9.64 Å². The highest BCUT2D eigenvalue weighted by molar-refractivity contribution is 5.96. The maximum Gasteiger partial charge on any atom is 0.375 e. The van der Waals surface area contributed by atoms with Gasteiger partial charge in [-0.05, 0) is 37.3 Å². The number of hydrogen-bond acceptors (Lipinski definition) is 6. The first-order valence-electron chi connectivity index (χ1n) is 9.99. The molecule has 31 heavy (non-hydrogen) atoms. The quantitative estimate of drug-likeness (QED) is 0.583. The molecule has 0 aliphatic carbocycles. The number of piperazine rings is 1. The molecular formula is C23H23FN2O5. The molecule has 1 amide bonds. The topological polar surface area (TPSA) is 72.2 Å². The Bertz CT molecular complexity index is 1100. The van der Waals surface area contributed by atoms with E-state index in [1.165, 1.54) is 6.07 Å². The van der Waals surface area contributed by atoms with Crippen LogP contribution >= 0.6 is 0 Å². The van der Waals surface area contributed by atoms with Gasteiger partial charge in [0.1, 0.15) is 5.75 Å². The van der Waals surface area contributed by atoms with Gasteiger partial charge in [-0.15, -0.1) is 0 Å². The minimum absolute atomic E-state index is 0.00734. The number of benzene rings is 2. The second-order valence-corrected chi connectivity index (χ2v) is 7.31. The van der Waals surface area contributed by atoms with E-state index >= 15 is 0 Å². The smallest absolute Gasteiger partial charge is 0.375 e. The van der Waals surface area contributed by atoms with Crippen molar-refractivity contribution in [1.82, 2.24) is 4.90 Å². The molecule has 1 saturated heterocycles. The number of aryl methyl sites for hydroxylation is 1. The molecule has 1 aliphatic heterocycles. The number of para-hydroxylation sites is 1. The molecule has 0 bridgehead atoms. The van der Waals surface area contributed by atoms with Gasteiger partial charge in [0.05, 0.1) is 7.11 Å². The first-order chi connectivity index (χ1) is 15.0. The number of esters is 1. The molecule has 8 heteroatoms. The molecule has 162 valence electrons. The summed E-state index contributed by atoms with van der Waals surface area (Å²) in [7, 11) is 1.63. The second-order valence-electron chi connectivity index (χ2n) is 7.31. The number of methoxy groups -OCH3 is 1. The van der Waals surface area contributed by atoms with E-state index in [0.29, 0.717) is 37.1 Å². The van der Waals surface area contributed by atoms with Gasteiger partial charge in [0.2, 0.25) is 5.76 Å². The summed E-state index contributed by atoms with van der Waals surface area (Å²) in [5.41, 5.74) is 1.56. The van der Waals surface area contributed by atoms with Crippen LogP contribution in [0.15, 0.2) is 46.9 Å². The molecule has 4 rings (SSSR count). The fourth-order valence-electron chi connectivity index (χ4n) is 3.69. The standard InChI is InChI=1S/C23H23FN2O5/c1-15-18-4-3-5-19(24)22(18)31-21(15)23(28)30-14-20(27)26-12-10-25(11-13-26)16-6-8-17(29-2)9-7-16/h3-9H,10-14H2,1-2H3. The first kappa shape index (κ1) is 20.7. The van der Waals surface area contributed by atoms with Crippen molar-refractivity contribution < 1.29 is 27.9 Å². The Morgan fingerprint density at radius 2 is 1.77 bits per heavy atom. The molecule has 1 aromatic heterocycles. The highest BCUT2D eigenvalue weighted by Crippen LogP contribution is 2.27. The monoisotopic (exact) mass is 426 g/mol. The second kappa shape index (κ2) is 8.67. The predicted molar refractivity (Wildman–Crippen MR) is 113 cm³/mol. The van der Waals surface area contributed by atoms with E-state index in [9.17, 15) is 14.0 Å². The number of amides is 1. The van der Waals surface area contributed by atoms with Crippen LogP contribution in [0.5, 0.6) is 5.75 Å². The van der Waals surface area contributed by atoms with Crippen LogP contribution in [0.1, 0.15) is 16.1 Å². The number of ether oxygens (including phenoxy) is 2. The van der Waals surface area contributed by atoms with Crippen LogP contribution in [0.4, 0.5) is 10.1 Å². The summed E-state index contributed by atoms with van der Waals surface area (Å²) in [6.07, 6.45) is 0. The molecule has 3 aromatic rings. The molecule has 0 atom stereocenters. The largest absolute Gasteiger partial charge is 0.497 e. The van der Waals surface area contributed by atoms with E-state index in [2.05, 4.69) is 4.90 Å². The predicted octanol–water partition coefficient (Wildman–Crippen LogP) is 3.39.